The summed E-state index contributed by atoms with van der Waals surface area (Å²) in [6, 6.07) is 6.75. The molecule has 0 aliphatic carbocycles. The van der Waals surface area contributed by atoms with Crippen molar-refractivity contribution >= 4 is 17.3 Å². The van der Waals surface area contributed by atoms with E-state index in [2.05, 4.69) is 10.1 Å². The van der Waals surface area contributed by atoms with Gasteiger partial charge in [-0.15, -0.1) is 0 Å². The third-order valence-corrected chi connectivity index (χ3v) is 4.50. The first-order valence-corrected chi connectivity index (χ1v) is 8.51. The summed E-state index contributed by atoms with van der Waals surface area (Å²) in [5.41, 5.74) is -0.347. The van der Waals surface area contributed by atoms with Gasteiger partial charge in [-0.1, -0.05) is 12.1 Å². The fourth-order valence-electron chi connectivity index (χ4n) is 3.16. The molecule has 144 valence electrons. The van der Waals surface area contributed by atoms with E-state index in [1.807, 2.05) is 4.90 Å². The molecule has 0 aromatic heterocycles. The van der Waals surface area contributed by atoms with Crippen molar-refractivity contribution < 1.29 is 27.1 Å². The van der Waals surface area contributed by atoms with Gasteiger partial charge in [-0.2, -0.15) is 8.78 Å². The minimum atomic E-state index is -1.81. The molecule has 3 rings (SSSR count). The van der Waals surface area contributed by atoms with E-state index >= 15 is 0 Å². The number of para-hydroxylation sites is 2. The molecule has 1 aliphatic heterocycles. The highest BCUT2D eigenvalue weighted by Crippen LogP contribution is 2.32. The lowest BCUT2D eigenvalue weighted by molar-refractivity contribution is 0.101. The molecule has 1 aliphatic rings. The zero-order valence-corrected chi connectivity index (χ0v) is 14.6. The number of piperidine rings is 1. The molecule has 0 spiro atoms. The third kappa shape index (κ3) is 3.56. The highest BCUT2D eigenvalue weighted by Gasteiger charge is 2.30. The lowest BCUT2D eigenvalue weighted by Crippen LogP contribution is -2.30. The molecule has 0 radical (unpaired) electrons. The van der Waals surface area contributed by atoms with Crippen molar-refractivity contribution in [2.75, 3.05) is 30.4 Å². The molecular weight excluding hydrogens is 364 g/mol. The van der Waals surface area contributed by atoms with Crippen LogP contribution in [0.5, 0.6) is 5.75 Å². The van der Waals surface area contributed by atoms with Gasteiger partial charge in [0.15, 0.2) is 17.4 Å². The van der Waals surface area contributed by atoms with Crippen LogP contribution >= 0.6 is 0 Å². The van der Waals surface area contributed by atoms with Crippen LogP contribution in [-0.2, 0) is 0 Å². The van der Waals surface area contributed by atoms with Crippen LogP contribution in [0.15, 0.2) is 24.3 Å². The maximum Gasteiger partial charge on any atom is 0.261 e. The number of amides is 1. The number of rotatable bonds is 4. The zero-order chi connectivity index (χ0) is 19.6. The number of nitrogens with one attached hydrogen (secondary N) is 1. The lowest BCUT2D eigenvalue weighted by Gasteiger charge is -2.30. The second-order valence-corrected chi connectivity index (χ2v) is 6.18. The van der Waals surface area contributed by atoms with Gasteiger partial charge in [-0.05, 0) is 31.4 Å². The van der Waals surface area contributed by atoms with Gasteiger partial charge in [0.2, 0.25) is 11.6 Å². The van der Waals surface area contributed by atoms with Crippen molar-refractivity contribution in [3.63, 3.8) is 0 Å². The molecular formula is C19H18F4N2O2. The van der Waals surface area contributed by atoms with Crippen LogP contribution in [-0.4, -0.2) is 26.1 Å². The minimum absolute atomic E-state index is 0.305. The molecule has 0 saturated carbocycles. The summed E-state index contributed by atoms with van der Waals surface area (Å²) >= 11 is 0. The van der Waals surface area contributed by atoms with E-state index < -0.39 is 40.5 Å². The van der Waals surface area contributed by atoms with E-state index in [0.717, 1.165) is 39.5 Å². The van der Waals surface area contributed by atoms with E-state index in [9.17, 15) is 22.4 Å². The molecule has 2 aromatic rings. The van der Waals surface area contributed by atoms with Gasteiger partial charge in [0.1, 0.15) is 5.56 Å². The molecule has 1 fully saturated rings. The lowest BCUT2D eigenvalue weighted by atomic mass is 10.1. The first-order valence-electron chi connectivity index (χ1n) is 8.51. The quantitative estimate of drug-likeness (QED) is 0.626. The van der Waals surface area contributed by atoms with Crippen LogP contribution < -0.4 is 15.0 Å². The van der Waals surface area contributed by atoms with Crippen molar-refractivity contribution in [3.8, 4) is 5.75 Å². The summed E-state index contributed by atoms with van der Waals surface area (Å²) in [5.74, 6) is -9.63. The molecule has 0 bridgehead atoms. The predicted octanol–water partition coefficient (Wildman–Crippen LogP) is 4.49. The number of hydrogen-bond acceptors (Lipinski definition) is 3. The van der Waals surface area contributed by atoms with Gasteiger partial charge in [0.25, 0.3) is 5.91 Å². The number of carbonyl (C=O) groups excluding carboxylic acids is 1. The van der Waals surface area contributed by atoms with Crippen molar-refractivity contribution in [3.05, 3.63) is 53.1 Å². The highest BCUT2D eigenvalue weighted by molar-refractivity contribution is 6.06. The van der Waals surface area contributed by atoms with Crippen molar-refractivity contribution in [2.45, 2.75) is 19.3 Å². The Hall–Kier alpha value is -2.77. The number of hydrogen-bond donors (Lipinski definition) is 1. The average molecular weight is 382 g/mol. The Morgan fingerprint density at radius 3 is 2.15 bits per heavy atom. The second kappa shape index (κ2) is 7.85. The first kappa shape index (κ1) is 19.0. The van der Waals surface area contributed by atoms with E-state index in [-0.39, 0.29) is 0 Å². The fourth-order valence-corrected chi connectivity index (χ4v) is 3.16. The van der Waals surface area contributed by atoms with E-state index in [4.69, 9.17) is 0 Å². The van der Waals surface area contributed by atoms with Gasteiger partial charge < -0.3 is 15.0 Å². The van der Waals surface area contributed by atoms with Gasteiger partial charge in [-0.3, -0.25) is 4.79 Å². The molecule has 1 heterocycles. The number of benzene rings is 2. The van der Waals surface area contributed by atoms with E-state index in [1.165, 1.54) is 0 Å². The van der Waals surface area contributed by atoms with Crippen LogP contribution in [0.3, 0.4) is 0 Å². The largest absolute Gasteiger partial charge is 0.491 e. The fraction of sp³-hybridized carbons (Fsp3) is 0.316. The van der Waals surface area contributed by atoms with Crippen molar-refractivity contribution in [2.24, 2.45) is 0 Å². The number of carbonyl (C=O) groups is 1. The summed E-state index contributed by atoms with van der Waals surface area (Å²) < 4.78 is 60.4. The Bertz CT molecular complexity index is 838. The van der Waals surface area contributed by atoms with Crippen LogP contribution in [0.4, 0.5) is 28.9 Å². The van der Waals surface area contributed by atoms with Gasteiger partial charge in [0, 0.05) is 13.1 Å². The molecule has 0 unspecified atom stereocenters. The maximum absolute atomic E-state index is 14.2. The second-order valence-electron chi connectivity index (χ2n) is 6.18. The topological polar surface area (TPSA) is 41.6 Å². The van der Waals surface area contributed by atoms with Crippen molar-refractivity contribution in [1.29, 1.82) is 0 Å². The van der Waals surface area contributed by atoms with Crippen LogP contribution in [0, 0.1) is 23.3 Å². The number of methoxy groups -OCH3 is 1. The molecule has 2 aromatic carbocycles. The average Bonchev–Trinajstić information content (AvgIpc) is 2.68. The number of ether oxygens (including phenoxy) is 1. The van der Waals surface area contributed by atoms with Gasteiger partial charge in [-0.25, -0.2) is 8.78 Å². The summed E-state index contributed by atoms with van der Waals surface area (Å²) in [6.07, 6.45) is 3.08. The Kier molecular flexibility index (Phi) is 5.53. The standard InChI is InChI=1S/C19H18F4N2O2/c1-27-18-16(22)14(20)13(15(21)17(18)23)19(26)24-11-7-3-4-8-12(11)25-9-5-2-6-10-25/h3-4,7-8H,2,5-6,9-10H2,1H3,(H,24,26). The normalized spacial score (nSPS) is 14.2. The molecule has 1 saturated heterocycles. The molecule has 8 heteroatoms. The van der Waals surface area contributed by atoms with Gasteiger partial charge >= 0.3 is 0 Å². The van der Waals surface area contributed by atoms with Crippen LogP contribution in [0.2, 0.25) is 0 Å². The Labute approximate surface area is 153 Å². The summed E-state index contributed by atoms with van der Waals surface area (Å²) in [6.45, 7) is 1.56. The smallest absolute Gasteiger partial charge is 0.261 e. The third-order valence-electron chi connectivity index (χ3n) is 4.50. The van der Waals surface area contributed by atoms with E-state index in [0.29, 0.717) is 11.4 Å². The summed E-state index contributed by atoms with van der Waals surface area (Å²) in [5, 5.41) is 2.36. The molecule has 0 atom stereocenters. The predicted molar refractivity (Wildman–Crippen MR) is 93.3 cm³/mol. The molecule has 1 amide bonds. The molecule has 1 N–H and O–H groups in total. The number of nitrogens with zero attached hydrogens (tertiary/aromatic N) is 1. The van der Waals surface area contributed by atoms with Crippen LogP contribution in [0.1, 0.15) is 29.6 Å². The highest BCUT2D eigenvalue weighted by atomic mass is 19.2. The monoisotopic (exact) mass is 382 g/mol. The van der Waals surface area contributed by atoms with Crippen LogP contribution in [0.25, 0.3) is 0 Å². The first-order chi connectivity index (χ1) is 13.0. The Morgan fingerprint density at radius 1 is 0.963 bits per heavy atom. The SMILES string of the molecule is COc1c(F)c(F)c(C(=O)Nc2ccccc2N2CCCCC2)c(F)c1F. The van der Waals surface area contributed by atoms with E-state index in [1.54, 1.807) is 24.3 Å². The molecule has 4 nitrogen and oxygen atoms in total. The Morgan fingerprint density at radius 2 is 1.56 bits per heavy atom. The minimum Gasteiger partial charge on any atom is -0.491 e. The zero-order valence-electron chi connectivity index (χ0n) is 14.6. The number of anilines is 2. The summed E-state index contributed by atoms with van der Waals surface area (Å²) in [4.78, 5) is 14.5. The van der Waals surface area contributed by atoms with Gasteiger partial charge in [0.05, 0.1) is 18.5 Å². The van der Waals surface area contributed by atoms with Crippen molar-refractivity contribution in [1.82, 2.24) is 0 Å². The molecule has 27 heavy (non-hydrogen) atoms. The summed E-state index contributed by atoms with van der Waals surface area (Å²) in [7, 11) is 0.870. The Balaban J connectivity index is 1.96. The number of halogens is 4. The maximum atomic E-state index is 14.2.